The molecule has 1 N–H and O–H groups in total. The molecule has 5 fully saturated rings. The minimum absolute atomic E-state index is 0.156. The summed E-state index contributed by atoms with van der Waals surface area (Å²) in [4.78, 5) is 12.9. The summed E-state index contributed by atoms with van der Waals surface area (Å²) in [5, 5.41) is 9.97. The van der Waals surface area contributed by atoms with Gasteiger partial charge in [-0.05, 0) is 115 Å². The van der Waals surface area contributed by atoms with Crippen molar-refractivity contribution in [1.29, 1.82) is 0 Å². The van der Waals surface area contributed by atoms with E-state index in [-0.39, 0.29) is 12.0 Å². The lowest BCUT2D eigenvalue weighted by Gasteiger charge is -2.72. The maximum atomic E-state index is 12.9. The second kappa shape index (κ2) is 6.96. The molecule has 0 radical (unpaired) electrons. The molecule has 2 nitrogen and oxygen atoms in total. The number of aliphatic hydroxyl groups is 1. The molecule has 0 heterocycles. The van der Waals surface area contributed by atoms with E-state index in [4.69, 9.17) is 0 Å². The molecular formula is C30H48O2. The molecule has 5 aliphatic rings. The Labute approximate surface area is 197 Å². The van der Waals surface area contributed by atoms with Gasteiger partial charge in [0.05, 0.1) is 6.61 Å². The fourth-order valence-electron chi connectivity index (χ4n) is 11.3. The number of hydrogen-bond donors (Lipinski definition) is 1. The molecule has 2 heteroatoms. The van der Waals surface area contributed by atoms with Crippen molar-refractivity contribution in [1.82, 2.24) is 0 Å². The highest BCUT2D eigenvalue weighted by Gasteiger charge is 2.70. The number of hydrogen-bond acceptors (Lipinski definition) is 2. The third kappa shape index (κ3) is 2.65. The number of carbonyl (C=O) groups excluding carboxylic acids is 1. The smallest absolute Gasteiger partial charge is 0.138 e. The van der Waals surface area contributed by atoms with Crippen molar-refractivity contribution in [2.75, 3.05) is 6.61 Å². The molecule has 180 valence electrons. The van der Waals surface area contributed by atoms with Crippen LogP contribution in [-0.2, 0) is 4.79 Å². The maximum Gasteiger partial charge on any atom is 0.138 e. The van der Waals surface area contributed by atoms with Crippen LogP contribution in [0, 0.1) is 56.7 Å². The topological polar surface area (TPSA) is 37.3 Å². The first kappa shape index (κ1) is 23.1. The third-order valence-electron chi connectivity index (χ3n) is 13.3. The van der Waals surface area contributed by atoms with Gasteiger partial charge in [-0.3, -0.25) is 4.79 Å². The highest BCUT2D eigenvalue weighted by atomic mass is 16.3. The Morgan fingerprint density at radius 3 is 2.28 bits per heavy atom. The molecule has 0 aromatic rings. The van der Waals surface area contributed by atoms with Gasteiger partial charge in [-0.2, -0.15) is 0 Å². The number of rotatable bonds is 2. The third-order valence-corrected chi connectivity index (χ3v) is 13.3. The van der Waals surface area contributed by atoms with Crippen LogP contribution in [0.4, 0.5) is 0 Å². The largest absolute Gasteiger partial charge is 0.392 e. The van der Waals surface area contributed by atoms with E-state index in [9.17, 15) is 9.90 Å². The van der Waals surface area contributed by atoms with E-state index in [1.165, 1.54) is 51.4 Å². The van der Waals surface area contributed by atoms with Gasteiger partial charge >= 0.3 is 0 Å². The highest BCUT2D eigenvalue weighted by Crippen LogP contribution is 2.77. The number of ketones is 1. The molecule has 0 aromatic carbocycles. The predicted molar refractivity (Wildman–Crippen MR) is 131 cm³/mol. The van der Waals surface area contributed by atoms with Gasteiger partial charge in [-0.25, -0.2) is 0 Å². The summed E-state index contributed by atoms with van der Waals surface area (Å²) >= 11 is 0. The van der Waals surface area contributed by atoms with Gasteiger partial charge in [0.1, 0.15) is 5.78 Å². The fraction of sp³-hybridized carbons (Fsp3) is 0.900. The summed E-state index contributed by atoms with van der Waals surface area (Å²) < 4.78 is 0. The summed E-state index contributed by atoms with van der Waals surface area (Å²) in [6, 6.07) is 0. The van der Waals surface area contributed by atoms with Crippen LogP contribution in [0.15, 0.2) is 12.2 Å². The molecule has 32 heavy (non-hydrogen) atoms. The number of carbonyl (C=O) groups is 1. The van der Waals surface area contributed by atoms with Crippen LogP contribution in [0.3, 0.4) is 0 Å². The van der Waals surface area contributed by atoms with Gasteiger partial charge < -0.3 is 5.11 Å². The Balaban J connectivity index is 1.54. The summed E-state index contributed by atoms with van der Waals surface area (Å²) in [6.45, 7) is 19.5. The molecule has 0 bridgehead atoms. The molecular weight excluding hydrogens is 392 g/mol. The fourth-order valence-corrected chi connectivity index (χ4v) is 11.3. The number of Topliss-reactive ketones (excluding diaryl/α,β-unsaturated/α-hetero) is 1. The van der Waals surface area contributed by atoms with Gasteiger partial charge in [0, 0.05) is 11.8 Å². The van der Waals surface area contributed by atoms with Crippen LogP contribution < -0.4 is 0 Å². The molecule has 5 rings (SSSR count). The van der Waals surface area contributed by atoms with E-state index < -0.39 is 0 Å². The van der Waals surface area contributed by atoms with Crippen molar-refractivity contribution in [3.63, 3.8) is 0 Å². The summed E-state index contributed by atoms with van der Waals surface area (Å²) in [5.41, 5.74) is 2.37. The van der Waals surface area contributed by atoms with Crippen molar-refractivity contribution in [2.24, 2.45) is 56.7 Å². The van der Waals surface area contributed by atoms with Crippen LogP contribution in [0.1, 0.15) is 106 Å². The van der Waals surface area contributed by atoms with Crippen molar-refractivity contribution < 1.29 is 9.90 Å². The van der Waals surface area contributed by atoms with Crippen molar-refractivity contribution in [3.8, 4) is 0 Å². The van der Waals surface area contributed by atoms with Gasteiger partial charge in [-0.1, -0.05) is 48.1 Å². The zero-order chi connectivity index (χ0) is 23.3. The first-order valence-electron chi connectivity index (χ1n) is 13.7. The van der Waals surface area contributed by atoms with Crippen molar-refractivity contribution >= 4 is 5.78 Å². The first-order chi connectivity index (χ1) is 14.8. The quantitative estimate of drug-likeness (QED) is 0.461. The lowest BCUT2D eigenvalue weighted by atomic mass is 9.32. The first-order valence-corrected chi connectivity index (χ1v) is 13.7. The molecule has 0 unspecified atom stereocenters. The lowest BCUT2D eigenvalue weighted by Crippen LogP contribution is -2.66. The van der Waals surface area contributed by atoms with E-state index in [1.807, 2.05) is 0 Å². The van der Waals surface area contributed by atoms with E-state index in [0.717, 1.165) is 30.3 Å². The van der Waals surface area contributed by atoms with Crippen LogP contribution in [-0.4, -0.2) is 17.5 Å². The van der Waals surface area contributed by atoms with Crippen molar-refractivity contribution in [3.05, 3.63) is 12.2 Å². The monoisotopic (exact) mass is 440 g/mol. The molecule has 5 saturated carbocycles. The molecule has 9 atom stereocenters. The minimum Gasteiger partial charge on any atom is -0.392 e. The van der Waals surface area contributed by atoms with Gasteiger partial charge in [0.2, 0.25) is 0 Å². The number of fused-ring (bicyclic) bond motifs is 7. The minimum atomic E-state index is -0.160. The molecule has 0 saturated heterocycles. The maximum absolute atomic E-state index is 12.9. The Kier molecular flexibility index (Phi) is 5.03. The van der Waals surface area contributed by atoms with Gasteiger partial charge in [0.25, 0.3) is 0 Å². The van der Waals surface area contributed by atoms with E-state index in [1.54, 1.807) is 0 Å². The average molecular weight is 441 g/mol. The van der Waals surface area contributed by atoms with Crippen molar-refractivity contribution in [2.45, 2.75) is 106 Å². The summed E-state index contributed by atoms with van der Waals surface area (Å²) in [5.74, 6) is 3.72. The Bertz CT molecular complexity index is 827. The Morgan fingerprint density at radius 1 is 0.875 bits per heavy atom. The van der Waals surface area contributed by atoms with Crippen LogP contribution >= 0.6 is 0 Å². The highest BCUT2D eigenvalue weighted by molar-refractivity contribution is 5.85. The molecule has 0 aromatic heterocycles. The van der Waals surface area contributed by atoms with E-state index in [2.05, 4.69) is 48.1 Å². The Morgan fingerprint density at radius 2 is 1.59 bits per heavy atom. The van der Waals surface area contributed by atoms with Crippen LogP contribution in [0.2, 0.25) is 0 Å². The zero-order valence-electron chi connectivity index (χ0n) is 21.7. The standard InChI is InChI=1S/C30H48O2/c1-19(18-31)20-10-13-27(4)16-17-29(6)21(25(20)27)8-9-23-28(5)14-12-24(32)26(2,3)22(28)11-15-30(23,29)7/h20-23,25,31H,1,8-18H2,2-7H3/t20-,21+,22-,23+,25+,27+,28-,29+,30+/m0/s1. The average Bonchev–Trinajstić information content (AvgIpc) is 3.09. The SMILES string of the molecule is C=C(CO)[C@@H]1CC[C@]2(C)CC[C@]3(C)[C@H](CC[C@@H]4[C@@]5(C)CCC(=O)C(C)(C)[C@@H]5CC[C@]43C)[C@@H]12. The second-order valence-corrected chi connectivity index (χ2v) is 14.5. The van der Waals surface area contributed by atoms with Gasteiger partial charge in [-0.15, -0.1) is 0 Å². The van der Waals surface area contributed by atoms with E-state index >= 15 is 0 Å². The Hall–Kier alpha value is -0.630. The van der Waals surface area contributed by atoms with Gasteiger partial charge in [0.15, 0.2) is 0 Å². The number of aliphatic hydroxyl groups excluding tert-OH is 1. The van der Waals surface area contributed by atoms with Crippen LogP contribution in [0.25, 0.3) is 0 Å². The summed E-state index contributed by atoms with van der Waals surface area (Å²) in [7, 11) is 0. The molecule has 0 aliphatic heterocycles. The summed E-state index contributed by atoms with van der Waals surface area (Å²) in [6.07, 6.45) is 12.3. The zero-order valence-corrected chi connectivity index (χ0v) is 21.7. The second-order valence-electron chi connectivity index (χ2n) is 14.5. The molecule has 5 aliphatic carbocycles. The predicted octanol–water partition coefficient (Wildman–Crippen LogP) is 7.21. The van der Waals surface area contributed by atoms with Crippen LogP contribution in [0.5, 0.6) is 0 Å². The molecule has 0 spiro atoms. The normalized spacial score (nSPS) is 54.2. The van der Waals surface area contributed by atoms with E-state index in [0.29, 0.717) is 45.2 Å². The molecule has 0 amide bonds. The lowest BCUT2D eigenvalue weighted by molar-refractivity contribution is -0.232.